The van der Waals surface area contributed by atoms with Crippen LogP contribution in [0.25, 0.3) is 0 Å². The van der Waals surface area contributed by atoms with Gasteiger partial charge in [0.05, 0.1) is 21.4 Å². The molecule has 9 heteroatoms. The minimum absolute atomic E-state index is 0.0372. The molecule has 0 heterocycles. The third-order valence-electron chi connectivity index (χ3n) is 2.70. The Morgan fingerprint density at radius 2 is 1.73 bits per heavy atom. The number of non-ortho nitro benzene ring substituents is 1. The van der Waals surface area contributed by atoms with Gasteiger partial charge in [0.2, 0.25) is 10.0 Å². The lowest BCUT2D eigenvalue weighted by molar-refractivity contribution is -0.384. The summed E-state index contributed by atoms with van der Waals surface area (Å²) in [5.41, 5.74) is 0.233. The second-order valence-electron chi connectivity index (χ2n) is 4.41. The summed E-state index contributed by atoms with van der Waals surface area (Å²) in [6.45, 7) is 0. The third kappa shape index (κ3) is 4.33. The van der Waals surface area contributed by atoms with Gasteiger partial charge in [-0.25, -0.2) is 8.42 Å². The number of hydrogen-bond donors (Lipinski definition) is 1. The molecule has 1 N–H and O–H groups in total. The highest BCUT2D eigenvalue weighted by Crippen LogP contribution is 2.28. The fourth-order valence-corrected chi connectivity index (χ4v) is 3.26. The number of sulfonamides is 1. The first kappa shape index (κ1) is 16.5. The van der Waals surface area contributed by atoms with Crippen LogP contribution in [0.15, 0.2) is 42.5 Å². The summed E-state index contributed by atoms with van der Waals surface area (Å²) >= 11 is 11.6. The maximum absolute atomic E-state index is 12.1. The summed E-state index contributed by atoms with van der Waals surface area (Å²) < 4.78 is 26.5. The number of nitro groups is 1. The molecule has 0 fully saturated rings. The first-order valence-corrected chi connectivity index (χ1v) is 8.36. The quantitative estimate of drug-likeness (QED) is 0.647. The molecule has 0 atom stereocenters. The molecule has 0 unspecified atom stereocenters. The number of benzene rings is 2. The number of halogens is 2. The van der Waals surface area contributed by atoms with E-state index in [9.17, 15) is 18.5 Å². The molecule has 0 spiro atoms. The number of nitrogens with zero attached hydrogens (tertiary/aromatic N) is 1. The van der Waals surface area contributed by atoms with Gasteiger partial charge in [-0.2, -0.15) is 0 Å². The molecule has 0 bridgehead atoms. The van der Waals surface area contributed by atoms with Crippen molar-refractivity contribution in [2.24, 2.45) is 0 Å². The van der Waals surface area contributed by atoms with Crippen LogP contribution in [0.2, 0.25) is 10.0 Å². The molecule has 6 nitrogen and oxygen atoms in total. The molecule has 0 aromatic heterocycles. The number of hydrogen-bond acceptors (Lipinski definition) is 4. The molecule has 2 aromatic carbocycles. The Kier molecular flexibility index (Phi) is 4.90. The monoisotopic (exact) mass is 360 g/mol. The van der Waals surface area contributed by atoms with Crippen molar-refractivity contribution in [2.45, 2.75) is 5.75 Å². The molecule has 22 heavy (non-hydrogen) atoms. The summed E-state index contributed by atoms with van der Waals surface area (Å²) in [4.78, 5) is 10.1. The summed E-state index contributed by atoms with van der Waals surface area (Å²) in [6, 6.07) is 9.84. The molecule has 0 saturated heterocycles. The Balaban J connectivity index is 2.23. The summed E-state index contributed by atoms with van der Waals surface area (Å²) in [6.07, 6.45) is 0. The van der Waals surface area contributed by atoms with Crippen molar-refractivity contribution in [3.63, 3.8) is 0 Å². The lowest BCUT2D eigenvalue weighted by Crippen LogP contribution is -2.15. The van der Waals surface area contributed by atoms with Crippen LogP contribution >= 0.6 is 23.2 Å². The molecule has 0 radical (unpaired) electrons. The predicted octanol–water partition coefficient (Wildman–Crippen LogP) is 3.84. The van der Waals surface area contributed by atoms with Gasteiger partial charge in [-0.15, -0.1) is 0 Å². The second-order valence-corrected chi connectivity index (χ2v) is 6.97. The first-order valence-electron chi connectivity index (χ1n) is 5.96. The minimum atomic E-state index is -3.77. The fourth-order valence-electron chi connectivity index (χ4n) is 1.71. The number of rotatable bonds is 5. The topological polar surface area (TPSA) is 89.3 Å². The Morgan fingerprint density at radius 3 is 2.32 bits per heavy atom. The zero-order valence-electron chi connectivity index (χ0n) is 11.0. The van der Waals surface area contributed by atoms with E-state index >= 15 is 0 Å². The SMILES string of the molecule is O=[N+]([O-])c1ccc(Cl)c(NS(=O)(=O)Cc2ccc(Cl)cc2)c1. The van der Waals surface area contributed by atoms with Crippen LogP contribution in [0.1, 0.15) is 5.56 Å². The summed E-state index contributed by atoms with van der Waals surface area (Å²) in [5, 5.41) is 11.3. The van der Waals surface area contributed by atoms with E-state index in [-0.39, 0.29) is 22.2 Å². The maximum Gasteiger partial charge on any atom is 0.271 e. The average molecular weight is 361 g/mol. The molecular weight excluding hydrogens is 351 g/mol. The lowest BCUT2D eigenvalue weighted by atomic mass is 10.2. The van der Waals surface area contributed by atoms with Crippen LogP contribution in [0.3, 0.4) is 0 Å². The van der Waals surface area contributed by atoms with Crippen molar-refractivity contribution < 1.29 is 13.3 Å². The maximum atomic E-state index is 12.1. The summed E-state index contributed by atoms with van der Waals surface area (Å²) in [7, 11) is -3.77. The standard InChI is InChI=1S/C13H10Cl2N2O4S/c14-10-3-1-9(2-4-10)8-22(20,21)16-13-7-11(17(18)19)5-6-12(13)15/h1-7,16H,8H2. The van der Waals surface area contributed by atoms with Gasteiger partial charge in [0.15, 0.2) is 0 Å². The normalized spacial score (nSPS) is 11.2. The molecule has 0 aliphatic rings. The average Bonchev–Trinajstić information content (AvgIpc) is 2.43. The molecule has 2 rings (SSSR count). The molecule has 0 amide bonds. The van der Waals surface area contributed by atoms with E-state index in [0.29, 0.717) is 10.6 Å². The van der Waals surface area contributed by atoms with Crippen LogP contribution in [-0.2, 0) is 15.8 Å². The zero-order chi connectivity index (χ0) is 16.3. The second kappa shape index (κ2) is 6.51. The zero-order valence-corrected chi connectivity index (χ0v) is 13.3. The number of nitro benzene ring substituents is 1. The van der Waals surface area contributed by atoms with E-state index in [4.69, 9.17) is 23.2 Å². The Morgan fingerprint density at radius 1 is 1.09 bits per heavy atom. The van der Waals surface area contributed by atoms with Crippen LogP contribution < -0.4 is 4.72 Å². The van der Waals surface area contributed by atoms with Crippen molar-refractivity contribution in [1.82, 2.24) is 0 Å². The van der Waals surface area contributed by atoms with Crippen molar-refractivity contribution in [3.05, 3.63) is 68.2 Å². The molecule has 116 valence electrons. The van der Waals surface area contributed by atoms with Gasteiger partial charge >= 0.3 is 0 Å². The van der Waals surface area contributed by atoms with E-state index < -0.39 is 14.9 Å². The van der Waals surface area contributed by atoms with Gasteiger partial charge in [-0.05, 0) is 23.8 Å². The molecule has 0 aliphatic heterocycles. The summed E-state index contributed by atoms with van der Waals surface area (Å²) in [5.74, 6) is -0.302. The van der Waals surface area contributed by atoms with Gasteiger partial charge in [-0.3, -0.25) is 14.8 Å². The van der Waals surface area contributed by atoms with Gasteiger partial charge in [-0.1, -0.05) is 35.3 Å². The van der Waals surface area contributed by atoms with Crippen molar-refractivity contribution in [2.75, 3.05) is 4.72 Å². The molecule has 0 aliphatic carbocycles. The first-order chi connectivity index (χ1) is 10.3. The fraction of sp³-hybridized carbons (Fsp3) is 0.0769. The van der Waals surface area contributed by atoms with Gasteiger partial charge in [0, 0.05) is 17.2 Å². The van der Waals surface area contributed by atoms with E-state index in [1.807, 2.05) is 0 Å². The Labute approximate surface area is 136 Å². The Hall–Kier alpha value is -1.83. The number of nitrogens with one attached hydrogen (secondary N) is 1. The smallest absolute Gasteiger partial charge is 0.271 e. The predicted molar refractivity (Wildman–Crippen MR) is 85.8 cm³/mol. The van der Waals surface area contributed by atoms with Crippen LogP contribution in [0, 0.1) is 10.1 Å². The van der Waals surface area contributed by atoms with E-state index in [1.165, 1.54) is 12.1 Å². The highest BCUT2D eigenvalue weighted by Gasteiger charge is 2.16. The molecule has 2 aromatic rings. The largest absolute Gasteiger partial charge is 0.282 e. The van der Waals surface area contributed by atoms with E-state index in [2.05, 4.69) is 4.72 Å². The Bertz CT molecular complexity index is 807. The molecular formula is C13H10Cl2N2O4S. The highest BCUT2D eigenvalue weighted by atomic mass is 35.5. The van der Waals surface area contributed by atoms with Crippen molar-refractivity contribution in [1.29, 1.82) is 0 Å². The lowest BCUT2D eigenvalue weighted by Gasteiger charge is -2.09. The van der Waals surface area contributed by atoms with E-state index in [0.717, 1.165) is 6.07 Å². The van der Waals surface area contributed by atoms with Crippen molar-refractivity contribution in [3.8, 4) is 0 Å². The third-order valence-corrected chi connectivity index (χ3v) is 4.52. The number of anilines is 1. The minimum Gasteiger partial charge on any atom is -0.282 e. The van der Waals surface area contributed by atoms with Gasteiger partial charge in [0.25, 0.3) is 5.69 Å². The van der Waals surface area contributed by atoms with Crippen LogP contribution in [-0.4, -0.2) is 13.3 Å². The van der Waals surface area contributed by atoms with Crippen LogP contribution in [0.5, 0.6) is 0 Å². The highest BCUT2D eigenvalue weighted by molar-refractivity contribution is 7.91. The van der Waals surface area contributed by atoms with Crippen molar-refractivity contribution >= 4 is 44.6 Å². The van der Waals surface area contributed by atoms with Gasteiger partial charge in [0.1, 0.15) is 0 Å². The van der Waals surface area contributed by atoms with E-state index in [1.54, 1.807) is 24.3 Å². The van der Waals surface area contributed by atoms with Crippen LogP contribution in [0.4, 0.5) is 11.4 Å². The molecule has 0 saturated carbocycles. The van der Waals surface area contributed by atoms with Gasteiger partial charge < -0.3 is 0 Å².